The normalized spacial score (nSPS) is 30.5. The van der Waals surface area contributed by atoms with Crippen LogP contribution in [0.2, 0.25) is 5.02 Å². The summed E-state index contributed by atoms with van der Waals surface area (Å²) in [5.41, 5.74) is 2.14. The average Bonchev–Trinajstić information content (AvgIpc) is 3.30. The van der Waals surface area contributed by atoms with Crippen molar-refractivity contribution in [3.8, 4) is 0 Å². The highest BCUT2D eigenvalue weighted by atomic mass is 35.5. The van der Waals surface area contributed by atoms with Crippen molar-refractivity contribution in [2.75, 3.05) is 14.1 Å². The number of ether oxygens (including phenoxy) is 2. The molecule has 7 nitrogen and oxygen atoms in total. The number of carbonyl (C=O) groups excluding carboxylic acids is 1. The van der Waals surface area contributed by atoms with Crippen molar-refractivity contribution in [2.45, 2.75) is 50.2 Å². The second-order valence-corrected chi connectivity index (χ2v) is 9.52. The number of carbonyl (C=O) groups is 1. The molecule has 2 aliphatic rings. The molecule has 1 fully saturated rings. The van der Waals surface area contributed by atoms with E-state index >= 15 is 0 Å². The summed E-state index contributed by atoms with van der Waals surface area (Å²) in [5, 5.41) is 31.6. The van der Waals surface area contributed by atoms with Gasteiger partial charge in [0.2, 0.25) is 5.79 Å². The minimum absolute atomic E-state index is 0.0566. The number of fused-ring (bicyclic) bond motifs is 2. The third-order valence-electron chi connectivity index (χ3n) is 5.64. The summed E-state index contributed by atoms with van der Waals surface area (Å²) < 4.78 is 11.7. The van der Waals surface area contributed by atoms with Crippen LogP contribution in [0, 0.1) is 0 Å². The number of halogens is 1. The van der Waals surface area contributed by atoms with Gasteiger partial charge in [-0.05, 0) is 42.3 Å². The molecular formula is C21H24ClNO6S. The van der Waals surface area contributed by atoms with Crippen LogP contribution < -0.4 is 0 Å². The fraction of sp³-hybridized carbons (Fsp3) is 0.476. The Morgan fingerprint density at radius 1 is 1.27 bits per heavy atom. The Labute approximate surface area is 183 Å². The molecule has 9 heteroatoms. The van der Waals surface area contributed by atoms with Gasteiger partial charge in [-0.2, -0.15) is 0 Å². The number of rotatable bonds is 3. The van der Waals surface area contributed by atoms with Crippen molar-refractivity contribution in [2.24, 2.45) is 0 Å². The van der Waals surface area contributed by atoms with Crippen LogP contribution in [0.3, 0.4) is 0 Å². The minimum atomic E-state index is -1.56. The van der Waals surface area contributed by atoms with Gasteiger partial charge >= 0.3 is 0 Å². The molecule has 4 rings (SSSR count). The first-order valence-electron chi connectivity index (χ1n) is 9.62. The molecule has 3 N–H and O–H groups in total. The molecule has 0 bridgehead atoms. The Kier molecular flexibility index (Phi) is 5.69. The quantitative estimate of drug-likeness (QED) is 0.656. The number of amides is 1. The van der Waals surface area contributed by atoms with Crippen LogP contribution in [0.4, 0.5) is 0 Å². The van der Waals surface area contributed by atoms with E-state index in [0.717, 1.165) is 16.0 Å². The Hall–Kier alpha value is -1.52. The Morgan fingerprint density at radius 2 is 2.00 bits per heavy atom. The van der Waals surface area contributed by atoms with Crippen molar-refractivity contribution in [3.05, 3.63) is 55.7 Å². The monoisotopic (exact) mass is 453 g/mol. The first-order chi connectivity index (χ1) is 14.1. The van der Waals surface area contributed by atoms with Crippen molar-refractivity contribution >= 4 is 28.8 Å². The molecular weight excluding hydrogens is 430 g/mol. The van der Waals surface area contributed by atoms with E-state index in [1.54, 1.807) is 33.2 Å². The number of aliphatic hydroxyl groups is 3. The smallest absolute Gasteiger partial charge is 0.263 e. The summed E-state index contributed by atoms with van der Waals surface area (Å²) in [4.78, 5) is 15.3. The fourth-order valence-corrected chi connectivity index (χ4v) is 5.25. The standard InChI is InChI=1S/C21H24ClNO6S/c1-10-17(24)18(25)19(26)21(29-10)14-7-11(15(22)8-12(14)9-28-21)6-13-4-5-16(30-13)20(27)23(2)3/h4-5,7-8,10,17-19,24-26H,6,9H2,1-3H3/t10-,17-,18+,19-,21+/m1/s1. The van der Waals surface area contributed by atoms with Gasteiger partial charge in [-0.1, -0.05) is 11.6 Å². The number of nitrogens with zero attached hydrogens (tertiary/aromatic N) is 1. The van der Waals surface area contributed by atoms with Crippen LogP contribution >= 0.6 is 22.9 Å². The number of aliphatic hydroxyl groups excluding tert-OH is 3. The molecule has 5 atom stereocenters. The third-order valence-corrected chi connectivity index (χ3v) is 7.06. The van der Waals surface area contributed by atoms with Gasteiger partial charge in [-0.3, -0.25) is 4.79 Å². The summed E-state index contributed by atoms with van der Waals surface area (Å²) in [7, 11) is 3.42. The maximum absolute atomic E-state index is 12.2. The predicted octanol–water partition coefficient (Wildman–Crippen LogP) is 1.88. The van der Waals surface area contributed by atoms with Crippen LogP contribution in [0.5, 0.6) is 0 Å². The van der Waals surface area contributed by atoms with Crippen LogP contribution in [-0.2, 0) is 28.3 Å². The van der Waals surface area contributed by atoms with Gasteiger partial charge in [-0.25, -0.2) is 0 Å². The summed E-state index contributed by atoms with van der Waals surface area (Å²) in [6.45, 7) is 1.79. The molecule has 30 heavy (non-hydrogen) atoms. The summed E-state index contributed by atoms with van der Waals surface area (Å²) in [5.74, 6) is -1.62. The Balaban J connectivity index is 1.67. The van der Waals surface area contributed by atoms with Crippen LogP contribution in [0.15, 0.2) is 24.3 Å². The zero-order valence-corrected chi connectivity index (χ0v) is 18.4. The SMILES string of the molecule is C[C@H]1O[C@]2(OCc3cc(Cl)c(Cc4ccc(C(=O)N(C)C)s4)cc32)[C@H](O)[C@@H](O)[C@@H]1O. The third kappa shape index (κ3) is 3.46. The molecule has 0 unspecified atom stereocenters. The number of thiophene rings is 1. The summed E-state index contributed by atoms with van der Waals surface area (Å²) >= 11 is 7.90. The maximum atomic E-state index is 12.2. The zero-order valence-electron chi connectivity index (χ0n) is 16.8. The molecule has 1 amide bonds. The highest BCUT2D eigenvalue weighted by Crippen LogP contribution is 2.47. The van der Waals surface area contributed by atoms with E-state index in [9.17, 15) is 20.1 Å². The van der Waals surface area contributed by atoms with Gasteiger partial charge in [0, 0.05) is 36.0 Å². The van der Waals surface area contributed by atoms with Gasteiger partial charge in [0.1, 0.15) is 18.3 Å². The van der Waals surface area contributed by atoms with E-state index in [1.807, 2.05) is 12.1 Å². The molecule has 1 saturated heterocycles. The fourth-order valence-electron chi connectivity index (χ4n) is 3.94. The second kappa shape index (κ2) is 7.87. The highest BCUT2D eigenvalue weighted by Gasteiger charge is 2.57. The Morgan fingerprint density at radius 3 is 2.70 bits per heavy atom. The molecule has 2 aromatic rings. The molecule has 1 spiro atoms. The molecule has 0 radical (unpaired) electrons. The van der Waals surface area contributed by atoms with Crippen molar-refractivity contribution in [3.63, 3.8) is 0 Å². The lowest BCUT2D eigenvalue weighted by molar-refractivity contribution is -0.362. The van der Waals surface area contributed by atoms with Crippen LogP contribution in [-0.4, -0.2) is 64.6 Å². The first-order valence-corrected chi connectivity index (χ1v) is 10.8. The lowest BCUT2D eigenvalue weighted by Gasteiger charge is -2.45. The Bertz CT molecular complexity index is 978. The lowest BCUT2D eigenvalue weighted by Crippen LogP contribution is -2.62. The second-order valence-electron chi connectivity index (χ2n) is 7.95. The van der Waals surface area contributed by atoms with Crippen molar-refractivity contribution in [1.82, 2.24) is 4.90 Å². The van der Waals surface area contributed by atoms with E-state index in [-0.39, 0.29) is 12.5 Å². The van der Waals surface area contributed by atoms with Gasteiger partial charge in [0.05, 0.1) is 17.6 Å². The average molecular weight is 454 g/mol. The van der Waals surface area contributed by atoms with E-state index in [2.05, 4.69) is 0 Å². The molecule has 0 aliphatic carbocycles. The summed E-state index contributed by atoms with van der Waals surface area (Å²) in [6, 6.07) is 7.28. The van der Waals surface area contributed by atoms with Gasteiger partial charge in [0.15, 0.2) is 0 Å². The van der Waals surface area contributed by atoms with Crippen molar-refractivity contribution < 1.29 is 29.6 Å². The molecule has 0 saturated carbocycles. The van der Waals surface area contributed by atoms with Crippen LogP contribution in [0.25, 0.3) is 0 Å². The minimum Gasteiger partial charge on any atom is -0.388 e. The molecule has 162 valence electrons. The summed E-state index contributed by atoms with van der Waals surface area (Å²) in [6.07, 6.45) is -4.32. The number of hydrogen-bond donors (Lipinski definition) is 3. The number of benzene rings is 1. The first kappa shape index (κ1) is 21.7. The largest absolute Gasteiger partial charge is 0.388 e. The van der Waals surface area contributed by atoms with Crippen LogP contribution in [0.1, 0.15) is 38.2 Å². The van der Waals surface area contributed by atoms with E-state index < -0.39 is 30.2 Å². The topological polar surface area (TPSA) is 99.5 Å². The molecule has 1 aromatic heterocycles. The molecule has 1 aromatic carbocycles. The number of hydrogen-bond acceptors (Lipinski definition) is 7. The van der Waals surface area contributed by atoms with E-state index in [4.69, 9.17) is 21.1 Å². The molecule has 2 aliphatic heterocycles. The zero-order chi connectivity index (χ0) is 21.8. The van der Waals surface area contributed by atoms with Gasteiger partial charge < -0.3 is 29.7 Å². The van der Waals surface area contributed by atoms with E-state index in [0.29, 0.717) is 21.9 Å². The lowest BCUT2D eigenvalue weighted by atomic mass is 9.87. The maximum Gasteiger partial charge on any atom is 0.263 e. The van der Waals surface area contributed by atoms with Crippen molar-refractivity contribution in [1.29, 1.82) is 0 Å². The van der Waals surface area contributed by atoms with E-state index in [1.165, 1.54) is 16.2 Å². The predicted molar refractivity (Wildman–Crippen MR) is 112 cm³/mol. The van der Waals surface area contributed by atoms with Gasteiger partial charge in [-0.15, -0.1) is 11.3 Å². The van der Waals surface area contributed by atoms with Gasteiger partial charge in [0.25, 0.3) is 5.91 Å². The molecule has 3 heterocycles. The highest BCUT2D eigenvalue weighted by molar-refractivity contribution is 7.14.